The lowest BCUT2D eigenvalue weighted by Crippen LogP contribution is -2.26. The van der Waals surface area contributed by atoms with Gasteiger partial charge in [0.2, 0.25) is 0 Å². The quantitative estimate of drug-likeness (QED) is 0.575. The molecule has 5 nitrogen and oxygen atoms in total. The van der Waals surface area contributed by atoms with E-state index in [1.54, 1.807) is 18.7 Å². The van der Waals surface area contributed by atoms with Crippen molar-refractivity contribution in [1.82, 2.24) is 4.90 Å². The Kier molecular flexibility index (Phi) is 6.57. The minimum atomic E-state index is -0.355. The van der Waals surface area contributed by atoms with Gasteiger partial charge in [-0.15, -0.1) is 23.1 Å². The van der Waals surface area contributed by atoms with E-state index < -0.39 is 0 Å². The normalized spacial score (nSPS) is 13.9. The SMILES string of the molecule is CCOC(=O)c1c(NC(=O)c2ccccc2SCC)sc2c1CCN(C)C2. The van der Waals surface area contributed by atoms with Crippen LogP contribution in [0.5, 0.6) is 0 Å². The van der Waals surface area contributed by atoms with Gasteiger partial charge in [-0.1, -0.05) is 19.1 Å². The van der Waals surface area contributed by atoms with E-state index in [4.69, 9.17) is 4.74 Å². The van der Waals surface area contributed by atoms with Crippen molar-refractivity contribution in [3.63, 3.8) is 0 Å². The van der Waals surface area contributed by atoms with Crippen LogP contribution in [0.25, 0.3) is 0 Å². The molecule has 1 aliphatic rings. The van der Waals surface area contributed by atoms with Crippen molar-refractivity contribution in [2.24, 2.45) is 0 Å². The van der Waals surface area contributed by atoms with E-state index >= 15 is 0 Å². The number of carbonyl (C=O) groups excluding carboxylic acids is 2. The maximum atomic E-state index is 12.9. The lowest BCUT2D eigenvalue weighted by molar-refractivity contribution is 0.0526. The lowest BCUT2D eigenvalue weighted by Gasteiger charge is -2.22. The fourth-order valence-corrected chi connectivity index (χ4v) is 5.26. The van der Waals surface area contributed by atoms with Crippen molar-refractivity contribution >= 4 is 40.0 Å². The Balaban J connectivity index is 1.94. The molecule has 3 rings (SSSR count). The minimum Gasteiger partial charge on any atom is -0.462 e. The predicted octanol–water partition coefficient (Wildman–Crippen LogP) is 4.28. The largest absolute Gasteiger partial charge is 0.462 e. The van der Waals surface area contributed by atoms with Gasteiger partial charge in [-0.05, 0) is 43.8 Å². The van der Waals surface area contributed by atoms with Crippen LogP contribution in [0.1, 0.15) is 45.0 Å². The summed E-state index contributed by atoms with van der Waals surface area (Å²) in [4.78, 5) is 29.8. The lowest BCUT2D eigenvalue weighted by atomic mass is 10.0. The number of hydrogen-bond acceptors (Lipinski definition) is 6. The molecular weight excluding hydrogens is 380 g/mol. The number of thiophene rings is 1. The first kappa shape index (κ1) is 19.9. The number of amides is 1. The summed E-state index contributed by atoms with van der Waals surface area (Å²) >= 11 is 3.11. The second kappa shape index (κ2) is 8.91. The zero-order chi connectivity index (χ0) is 19.4. The summed E-state index contributed by atoms with van der Waals surface area (Å²) in [6, 6.07) is 7.55. The summed E-state index contributed by atoms with van der Waals surface area (Å²) in [5.74, 6) is 0.341. The summed E-state index contributed by atoms with van der Waals surface area (Å²) < 4.78 is 5.27. The van der Waals surface area contributed by atoms with Crippen LogP contribution in [-0.4, -0.2) is 42.7 Å². The number of likely N-dealkylation sites (N-methyl/N-ethyl adjacent to an activating group) is 1. The number of rotatable bonds is 6. The first-order valence-electron chi connectivity index (χ1n) is 9.08. The molecule has 0 saturated carbocycles. The Labute approximate surface area is 168 Å². The zero-order valence-corrected chi connectivity index (χ0v) is 17.5. The van der Waals surface area contributed by atoms with Crippen molar-refractivity contribution in [1.29, 1.82) is 0 Å². The molecule has 0 atom stereocenters. The average molecular weight is 405 g/mol. The number of nitrogens with zero attached hydrogens (tertiary/aromatic N) is 1. The topological polar surface area (TPSA) is 58.6 Å². The molecule has 27 heavy (non-hydrogen) atoms. The third kappa shape index (κ3) is 4.36. The molecule has 1 aromatic carbocycles. The van der Waals surface area contributed by atoms with Crippen LogP contribution < -0.4 is 5.32 Å². The fourth-order valence-electron chi connectivity index (χ4n) is 3.14. The second-order valence-electron chi connectivity index (χ2n) is 6.30. The Hall–Kier alpha value is -1.83. The van der Waals surface area contributed by atoms with Crippen LogP contribution in [0.15, 0.2) is 29.2 Å². The number of esters is 1. The number of carbonyl (C=O) groups is 2. The van der Waals surface area contributed by atoms with Gasteiger partial charge in [0, 0.05) is 22.9 Å². The van der Waals surface area contributed by atoms with Crippen molar-refractivity contribution in [3.8, 4) is 0 Å². The van der Waals surface area contributed by atoms with Gasteiger partial charge in [-0.3, -0.25) is 4.79 Å². The summed E-state index contributed by atoms with van der Waals surface area (Å²) in [5, 5.41) is 3.58. The molecule has 1 aromatic heterocycles. The van der Waals surface area contributed by atoms with Crippen molar-refractivity contribution in [2.45, 2.75) is 31.7 Å². The molecule has 2 aromatic rings. The third-order valence-electron chi connectivity index (χ3n) is 4.39. The van der Waals surface area contributed by atoms with E-state index in [-0.39, 0.29) is 11.9 Å². The van der Waals surface area contributed by atoms with Gasteiger partial charge in [-0.25, -0.2) is 4.79 Å². The summed E-state index contributed by atoms with van der Waals surface area (Å²) in [7, 11) is 2.06. The number of thioether (sulfide) groups is 1. The van der Waals surface area contributed by atoms with E-state index in [1.807, 2.05) is 24.3 Å². The molecule has 2 heterocycles. The summed E-state index contributed by atoms with van der Waals surface area (Å²) in [6.07, 6.45) is 0.786. The smallest absolute Gasteiger partial charge is 0.341 e. The molecule has 0 radical (unpaired) electrons. The van der Waals surface area contributed by atoms with E-state index in [0.29, 0.717) is 22.7 Å². The van der Waals surface area contributed by atoms with Crippen LogP contribution >= 0.6 is 23.1 Å². The highest BCUT2D eigenvalue weighted by Gasteiger charge is 2.29. The highest BCUT2D eigenvalue weighted by atomic mass is 32.2. The van der Waals surface area contributed by atoms with Gasteiger partial charge in [-0.2, -0.15) is 0 Å². The van der Waals surface area contributed by atoms with Gasteiger partial charge in [0.15, 0.2) is 0 Å². The van der Waals surface area contributed by atoms with Crippen molar-refractivity contribution < 1.29 is 14.3 Å². The molecule has 0 aliphatic carbocycles. The molecule has 0 spiro atoms. The molecule has 0 unspecified atom stereocenters. The Morgan fingerprint density at radius 3 is 2.81 bits per heavy atom. The molecule has 0 fully saturated rings. The van der Waals surface area contributed by atoms with Crippen molar-refractivity contribution in [3.05, 3.63) is 45.8 Å². The molecule has 0 bridgehead atoms. The first-order chi connectivity index (χ1) is 13.0. The number of fused-ring (bicyclic) bond motifs is 1. The van der Waals surface area contributed by atoms with Crippen LogP contribution in [0.2, 0.25) is 0 Å². The highest BCUT2D eigenvalue weighted by Crippen LogP contribution is 2.38. The van der Waals surface area contributed by atoms with E-state index in [2.05, 4.69) is 24.2 Å². The van der Waals surface area contributed by atoms with Crippen LogP contribution in [0, 0.1) is 0 Å². The first-order valence-corrected chi connectivity index (χ1v) is 10.9. The third-order valence-corrected chi connectivity index (χ3v) is 6.47. The zero-order valence-electron chi connectivity index (χ0n) is 15.8. The van der Waals surface area contributed by atoms with Crippen LogP contribution in [0.3, 0.4) is 0 Å². The second-order valence-corrected chi connectivity index (χ2v) is 8.71. The molecule has 1 N–H and O–H groups in total. The molecule has 1 amide bonds. The summed E-state index contributed by atoms with van der Waals surface area (Å²) in [5.41, 5.74) is 2.17. The van der Waals surface area contributed by atoms with Crippen molar-refractivity contribution in [2.75, 3.05) is 31.3 Å². The predicted molar refractivity (Wildman–Crippen MR) is 111 cm³/mol. The van der Waals surface area contributed by atoms with E-state index in [9.17, 15) is 9.59 Å². The van der Waals surface area contributed by atoms with Gasteiger partial charge >= 0.3 is 5.97 Å². The fraction of sp³-hybridized carbons (Fsp3) is 0.400. The Bertz CT molecular complexity index is 848. The molecular formula is C20H24N2O3S2. The maximum Gasteiger partial charge on any atom is 0.341 e. The van der Waals surface area contributed by atoms with Crippen LogP contribution in [-0.2, 0) is 17.7 Å². The van der Waals surface area contributed by atoms with Crippen LogP contribution in [0.4, 0.5) is 5.00 Å². The highest BCUT2D eigenvalue weighted by molar-refractivity contribution is 7.99. The number of hydrogen-bond donors (Lipinski definition) is 1. The average Bonchev–Trinajstić information content (AvgIpc) is 2.99. The molecule has 144 valence electrons. The van der Waals surface area contributed by atoms with Gasteiger partial charge in [0.05, 0.1) is 17.7 Å². The monoisotopic (exact) mass is 404 g/mol. The van der Waals surface area contributed by atoms with E-state index in [1.165, 1.54) is 11.3 Å². The van der Waals surface area contributed by atoms with Gasteiger partial charge in [0.25, 0.3) is 5.91 Å². The van der Waals surface area contributed by atoms with Gasteiger partial charge < -0.3 is 15.0 Å². The number of ether oxygens (including phenoxy) is 1. The van der Waals surface area contributed by atoms with E-state index in [0.717, 1.165) is 40.6 Å². The Morgan fingerprint density at radius 1 is 1.30 bits per heavy atom. The molecule has 1 aliphatic heterocycles. The minimum absolute atomic E-state index is 0.191. The number of anilines is 1. The number of nitrogens with one attached hydrogen (secondary N) is 1. The van der Waals surface area contributed by atoms with Gasteiger partial charge in [0.1, 0.15) is 5.00 Å². The molecule has 7 heteroatoms. The number of benzene rings is 1. The Morgan fingerprint density at radius 2 is 2.07 bits per heavy atom. The maximum absolute atomic E-state index is 12.9. The molecule has 0 saturated heterocycles. The standard InChI is InChI=1S/C20H24N2O3S2/c1-4-25-20(24)17-13-10-11-22(3)12-16(13)27-19(17)21-18(23)14-8-6-7-9-15(14)26-5-2/h6-9H,4-5,10-12H2,1-3H3,(H,21,23). The summed E-state index contributed by atoms with van der Waals surface area (Å²) in [6.45, 7) is 5.83.